The van der Waals surface area contributed by atoms with Crippen LogP contribution in [-0.4, -0.2) is 45.4 Å². The molecule has 3 N–H and O–H groups in total. The first-order chi connectivity index (χ1) is 9.86. The summed E-state index contributed by atoms with van der Waals surface area (Å²) >= 11 is 1.06. The highest BCUT2D eigenvalue weighted by atomic mass is 32.2. The van der Waals surface area contributed by atoms with E-state index in [1.165, 1.54) is 32.2 Å². The fourth-order valence-corrected chi connectivity index (χ4v) is 2.43. The van der Waals surface area contributed by atoms with E-state index < -0.39 is 18.2 Å². The third kappa shape index (κ3) is 5.04. The fraction of sp³-hybridized carbons (Fsp3) is 0.429. The van der Waals surface area contributed by atoms with Crippen LogP contribution < -0.4 is 4.74 Å². The number of hydrogen-bond acceptors (Lipinski definition) is 6. The number of carboxylic acid groups (broad SMARTS) is 1. The van der Waals surface area contributed by atoms with Crippen LogP contribution in [0.4, 0.5) is 0 Å². The number of benzene rings is 1. The van der Waals surface area contributed by atoms with Crippen molar-refractivity contribution in [1.82, 2.24) is 0 Å². The molecule has 1 aromatic carbocycles. The summed E-state index contributed by atoms with van der Waals surface area (Å²) in [6.45, 7) is 1.43. The zero-order chi connectivity index (χ0) is 16.0. The van der Waals surface area contributed by atoms with Crippen molar-refractivity contribution in [3.8, 4) is 5.75 Å². The number of aliphatic hydroxyl groups excluding tert-OH is 2. The van der Waals surface area contributed by atoms with Gasteiger partial charge >= 0.3 is 5.97 Å². The molecule has 0 aliphatic carbocycles. The second-order valence-corrected chi connectivity index (χ2v) is 5.68. The van der Waals surface area contributed by atoms with Crippen LogP contribution in [0.2, 0.25) is 0 Å². The molecule has 0 aromatic heterocycles. The van der Waals surface area contributed by atoms with Crippen LogP contribution in [0.1, 0.15) is 35.4 Å². The Morgan fingerprint density at radius 3 is 2.52 bits per heavy atom. The molecule has 0 radical (unpaired) electrons. The highest BCUT2D eigenvalue weighted by Crippen LogP contribution is 2.26. The van der Waals surface area contributed by atoms with Gasteiger partial charge in [0.25, 0.3) is 0 Å². The van der Waals surface area contributed by atoms with Crippen LogP contribution >= 0.6 is 11.8 Å². The Morgan fingerprint density at radius 2 is 2.00 bits per heavy atom. The van der Waals surface area contributed by atoms with E-state index in [9.17, 15) is 19.8 Å². The lowest BCUT2D eigenvalue weighted by atomic mass is 10.00. The predicted molar refractivity (Wildman–Crippen MR) is 78.7 cm³/mol. The van der Waals surface area contributed by atoms with E-state index >= 15 is 0 Å². The van der Waals surface area contributed by atoms with Gasteiger partial charge in [-0.15, -0.1) is 0 Å². The van der Waals surface area contributed by atoms with Crippen LogP contribution in [0.15, 0.2) is 18.2 Å². The molecule has 7 heteroatoms. The highest BCUT2D eigenvalue weighted by Gasteiger charge is 2.21. The zero-order valence-electron chi connectivity index (χ0n) is 11.8. The predicted octanol–water partition coefficient (Wildman–Crippen LogP) is 1.46. The average molecular weight is 314 g/mol. The highest BCUT2D eigenvalue weighted by molar-refractivity contribution is 8.13. The van der Waals surface area contributed by atoms with Gasteiger partial charge in [0.2, 0.25) is 0 Å². The van der Waals surface area contributed by atoms with Crippen LogP contribution in [-0.2, 0) is 4.79 Å². The third-order valence-corrected chi connectivity index (χ3v) is 3.73. The largest absolute Gasteiger partial charge is 0.496 e. The molecule has 1 rings (SSSR count). The maximum Gasteiger partial charge on any atom is 0.339 e. The fourth-order valence-electron chi connectivity index (χ4n) is 1.78. The second-order valence-electron chi connectivity index (χ2n) is 4.41. The minimum Gasteiger partial charge on any atom is -0.496 e. The van der Waals surface area contributed by atoms with Crippen molar-refractivity contribution in [3.05, 3.63) is 29.3 Å². The van der Waals surface area contributed by atoms with Gasteiger partial charge in [0.05, 0.1) is 13.2 Å². The lowest BCUT2D eigenvalue weighted by Gasteiger charge is -2.18. The van der Waals surface area contributed by atoms with Crippen molar-refractivity contribution < 1.29 is 29.6 Å². The molecule has 6 nitrogen and oxygen atoms in total. The van der Waals surface area contributed by atoms with E-state index in [0.717, 1.165) is 11.8 Å². The standard InChI is InChI=1S/C14H18O6S/c1-8(15)21-6-5-11(16)13(17)9-3-4-12(20-2)10(7-9)14(18)19/h3-4,7,11,13,16-17H,5-6H2,1-2H3,(H,18,19). The number of ether oxygens (including phenoxy) is 1. The minimum atomic E-state index is -1.22. The van der Waals surface area contributed by atoms with Gasteiger partial charge in [-0.1, -0.05) is 17.8 Å². The maximum atomic E-state index is 11.1. The van der Waals surface area contributed by atoms with Gasteiger partial charge in [-0.25, -0.2) is 4.79 Å². The van der Waals surface area contributed by atoms with Crippen LogP contribution in [0.5, 0.6) is 5.75 Å². The first-order valence-corrected chi connectivity index (χ1v) is 7.26. The Morgan fingerprint density at radius 1 is 1.33 bits per heavy atom. The quantitative estimate of drug-likeness (QED) is 0.700. The molecule has 2 atom stereocenters. The molecule has 0 heterocycles. The molecule has 1 aromatic rings. The molecule has 0 spiro atoms. The Balaban J connectivity index is 2.81. The zero-order valence-corrected chi connectivity index (χ0v) is 12.6. The number of aromatic carboxylic acids is 1. The molecule has 0 saturated heterocycles. The summed E-state index contributed by atoms with van der Waals surface area (Å²) < 4.78 is 4.93. The summed E-state index contributed by atoms with van der Waals surface area (Å²) in [7, 11) is 1.35. The molecule has 0 aliphatic rings. The molecular weight excluding hydrogens is 296 g/mol. The number of rotatable bonds is 7. The van der Waals surface area contributed by atoms with E-state index in [4.69, 9.17) is 9.84 Å². The number of aliphatic hydroxyl groups is 2. The first kappa shape index (κ1) is 17.5. The Bertz CT molecular complexity index is 516. The van der Waals surface area contributed by atoms with Gasteiger partial charge in [0, 0.05) is 12.7 Å². The summed E-state index contributed by atoms with van der Waals surface area (Å²) in [5, 5.41) is 29.0. The third-order valence-electron chi connectivity index (χ3n) is 2.88. The maximum absolute atomic E-state index is 11.1. The summed E-state index contributed by atoms with van der Waals surface area (Å²) in [5.41, 5.74) is 0.202. The van der Waals surface area contributed by atoms with Gasteiger partial charge in [0.1, 0.15) is 17.4 Å². The van der Waals surface area contributed by atoms with Crippen molar-refractivity contribution in [2.75, 3.05) is 12.9 Å². The van der Waals surface area contributed by atoms with Gasteiger partial charge < -0.3 is 20.1 Å². The van der Waals surface area contributed by atoms with Crippen molar-refractivity contribution >= 4 is 22.8 Å². The molecule has 0 saturated carbocycles. The number of hydrogen-bond donors (Lipinski definition) is 3. The Hall–Kier alpha value is -1.57. The van der Waals surface area contributed by atoms with Crippen LogP contribution in [0.25, 0.3) is 0 Å². The lowest BCUT2D eigenvalue weighted by molar-refractivity contribution is -0.109. The summed E-state index contributed by atoms with van der Waals surface area (Å²) in [5.74, 6) is -0.613. The minimum absolute atomic E-state index is 0.0608. The SMILES string of the molecule is COc1ccc(C(O)C(O)CCSC(C)=O)cc1C(=O)O. The molecular formula is C14H18O6S. The second kappa shape index (κ2) is 8.02. The van der Waals surface area contributed by atoms with Gasteiger partial charge in [-0.3, -0.25) is 4.79 Å². The Labute approximate surface area is 126 Å². The summed E-state index contributed by atoms with van der Waals surface area (Å²) in [6.07, 6.45) is -2.08. The summed E-state index contributed by atoms with van der Waals surface area (Å²) in [4.78, 5) is 21.9. The van der Waals surface area contributed by atoms with E-state index in [1.807, 2.05) is 0 Å². The van der Waals surface area contributed by atoms with Crippen molar-refractivity contribution in [3.63, 3.8) is 0 Å². The van der Waals surface area contributed by atoms with E-state index in [-0.39, 0.29) is 28.4 Å². The first-order valence-electron chi connectivity index (χ1n) is 6.27. The summed E-state index contributed by atoms with van der Waals surface area (Å²) in [6, 6.07) is 4.20. The normalized spacial score (nSPS) is 13.5. The van der Waals surface area contributed by atoms with E-state index in [0.29, 0.717) is 5.75 Å². The number of carboxylic acids is 1. The molecule has 21 heavy (non-hydrogen) atoms. The van der Waals surface area contributed by atoms with E-state index in [1.54, 1.807) is 0 Å². The van der Waals surface area contributed by atoms with Crippen molar-refractivity contribution in [2.24, 2.45) is 0 Å². The van der Waals surface area contributed by atoms with Gasteiger partial charge in [0.15, 0.2) is 5.12 Å². The number of carbonyl (C=O) groups is 2. The van der Waals surface area contributed by atoms with Gasteiger partial charge in [-0.05, 0) is 24.1 Å². The van der Waals surface area contributed by atoms with E-state index in [2.05, 4.69) is 0 Å². The topological polar surface area (TPSA) is 104 Å². The molecule has 0 fully saturated rings. The van der Waals surface area contributed by atoms with Crippen LogP contribution in [0, 0.1) is 0 Å². The molecule has 2 unspecified atom stereocenters. The van der Waals surface area contributed by atoms with Crippen molar-refractivity contribution in [1.29, 1.82) is 0 Å². The molecule has 116 valence electrons. The average Bonchev–Trinajstić information content (AvgIpc) is 2.45. The molecule has 0 amide bonds. The number of methoxy groups -OCH3 is 1. The van der Waals surface area contributed by atoms with Crippen LogP contribution in [0.3, 0.4) is 0 Å². The van der Waals surface area contributed by atoms with Gasteiger partial charge in [-0.2, -0.15) is 0 Å². The monoisotopic (exact) mass is 314 g/mol. The van der Waals surface area contributed by atoms with Crippen molar-refractivity contribution in [2.45, 2.75) is 25.6 Å². The Kier molecular flexibility index (Phi) is 6.67. The molecule has 0 bridgehead atoms. The smallest absolute Gasteiger partial charge is 0.339 e. The molecule has 0 aliphatic heterocycles. The number of thioether (sulfide) groups is 1. The lowest BCUT2D eigenvalue weighted by Crippen LogP contribution is -2.19. The number of carbonyl (C=O) groups excluding carboxylic acids is 1.